The highest BCUT2D eigenvalue weighted by molar-refractivity contribution is 5.43. The smallest absolute Gasteiger partial charge is 0.126 e. The summed E-state index contributed by atoms with van der Waals surface area (Å²) in [7, 11) is 5.54. The van der Waals surface area contributed by atoms with Crippen LogP contribution in [0.3, 0.4) is 0 Å². The Labute approximate surface area is 139 Å². The van der Waals surface area contributed by atoms with Crippen LogP contribution in [0.2, 0.25) is 0 Å². The Hall–Kier alpha value is -1.91. The third-order valence-electron chi connectivity index (χ3n) is 4.01. The SMILES string of the molecule is COC[C@H](c1ccccn1)N(C)Cc1cc(C)cc(C)c1OC. The molecule has 2 aromatic rings. The lowest BCUT2D eigenvalue weighted by Gasteiger charge is -2.28. The topological polar surface area (TPSA) is 34.6 Å². The molecule has 0 unspecified atom stereocenters. The molecule has 0 spiro atoms. The Morgan fingerprint density at radius 2 is 1.96 bits per heavy atom. The molecule has 0 aliphatic carbocycles. The maximum Gasteiger partial charge on any atom is 0.126 e. The number of likely N-dealkylation sites (N-methyl/N-ethyl adjacent to an activating group) is 1. The minimum Gasteiger partial charge on any atom is -0.496 e. The highest BCUT2D eigenvalue weighted by Crippen LogP contribution is 2.28. The summed E-state index contributed by atoms with van der Waals surface area (Å²) in [5.41, 5.74) is 4.61. The van der Waals surface area contributed by atoms with E-state index in [-0.39, 0.29) is 6.04 Å². The van der Waals surface area contributed by atoms with E-state index in [1.807, 2.05) is 24.4 Å². The molecule has 1 heterocycles. The van der Waals surface area contributed by atoms with Gasteiger partial charge in [0.15, 0.2) is 0 Å². The van der Waals surface area contributed by atoms with Gasteiger partial charge in [0.05, 0.1) is 25.5 Å². The molecule has 2 rings (SSSR count). The Balaban J connectivity index is 2.27. The van der Waals surface area contributed by atoms with Crippen LogP contribution < -0.4 is 4.74 Å². The Morgan fingerprint density at radius 3 is 2.57 bits per heavy atom. The average Bonchev–Trinajstić information content (AvgIpc) is 2.53. The first-order chi connectivity index (χ1) is 11.1. The normalized spacial score (nSPS) is 12.4. The van der Waals surface area contributed by atoms with Crippen molar-refractivity contribution in [3.8, 4) is 5.75 Å². The number of nitrogens with zero attached hydrogens (tertiary/aromatic N) is 2. The van der Waals surface area contributed by atoms with Crippen LogP contribution in [-0.4, -0.2) is 37.8 Å². The quantitative estimate of drug-likeness (QED) is 0.783. The third-order valence-corrected chi connectivity index (χ3v) is 4.01. The van der Waals surface area contributed by atoms with Crippen molar-refractivity contribution in [1.82, 2.24) is 9.88 Å². The van der Waals surface area contributed by atoms with E-state index in [0.29, 0.717) is 6.61 Å². The van der Waals surface area contributed by atoms with Gasteiger partial charge in [-0.05, 0) is 38.6 Å². The molecule has 124 valence electrons. The Morgan fingerprint density at radius 1 is 1.17 bits per heavy atom. The van der Waals surface area contributed by atoms with E-state index in [2.05, 4.69) is 42.9 Å². The lowest BCUT2D eigenvalue weighted by atomic mass is 10.0. The number of hydrogen-bond donors (Lipinski definition) is 0. The zero-order chi connectivity index (χ0) is 16.8. The van der Waals surface area contributed by atoms with E-state index in [9.17, 15) is 0 Å². The van der Waals surface area contributed by atoms with Crippen molar-refractivity contribution >= 4 is 0 Å². The molecule has 0 aliphatic heterocycles. The second-order valence-electron chi connectivity index (χ2n) is 5.92. The third kappa shape index (κ3) is 4.30. The van der Waals surface area contributed by atoms with Crippen molar-refractivity contribution in [3.63, 3.8) is 0 Å². The van der Waals surface area contributed by atoms with Gasteiger partial charge in [0.25, 0.3) is 0 Å². The number of ether oxygens (including phenoxy) is 2. The number of aryl methyl sites for hydroxylation is 2. The number of aromatic nitrogens is 1. The van der Waals surface area contributed by atoms with Crippen molar-refractivity contribution < 1.29 is 9.47 Å². The van der Waals surface area contributed by atoms with E-state index in [4.69, 9.17) is 9.47 Å². The van der Waals surface area contributed by atoms with Crippen LogP contribution in [0.25, 0.3) is 0 Å². The summed E-state index contributed by atoms with van der Waals surface area (Å²) in [5.74, 6) is 0.958. The van der Waals surface area contributed by atoms with Crippen LogP contribution in [0.1, 0.15) is 28.4 Å². The van der Waals surface area contributed by atoms with Crippen LogP contribution in [0, 0.1) is 13.8 Å². The Kier molecular flexibility index (Phi) is 6.13. The van der Waals surface area contributed by atoms with E-state index in [1.165, 1.54) is 11.1 Å². The van der Waals surface area contributed by atoms with Crippen LogP contribution in [0.15, 0.2) is 36.5 Å². The van der Waals surface area contributed by atoms with E-state index in [0.717, 1.165) is 23.6 Å². The molecule has 0 saturated carbocycles. The number of rotatable bonds is 7. The van der Waals surface area contributed by atoms with Crippen LogP contribution in [0.4, 0.5) is 0 Å². The molecule has 4 heteroatoms. The second-order valence-corrected chi connectivity index (χ2v) is 5.92. The minimum absolute atomic E-state index is 0.103. The highest BCUT2D eigenvalue weighted by atomic mass is 16.5. The molecular weight excluding hydrogens is 288 g/mol. The predicted octanol–water partition coefficient (Wildman–Crippen LogP) is 3.53. The van der Waals surface area contributed by atoms with Crippen molar-refractivity contribution in [2.24, 2.45) is 0 Å². The van der Waals surface area contributed by atoms with Gasteiger partial charge in [-0.1, -0.05) is 23.8 Å². The lowest BCUT2D eigenvalue weighted by Crippen LogP contribution is -2.28. The lowest BCUT2D eigenvalue weighted by molar-refractivity contribution is 0.0995. The molecular formula is C19H26N2O2. The summed E-state index contributed by atoms with van der Waals surface area (Å²) >= 11 is 0. The highest BCUT2D eigenvalue weighted by Gasteiger charge is 2.20. The summed E-state index contributed by atoms with van der Waals surface area (Å²) in [6.45, 7) is 5.57. The first-order valence-electron chi connectivity index (χ1n) is 7.81. The van der Waals surface area contributed by atoms with Gasteiger partial charge >= 0.3 is 0 Å². The number of hydrogen-bond acceptors (Lipinski definition) is 4. The van der Waals surface area contributed by atoms with Gasteiger partial charge in [-0.25, -0.2) is 0 Å². The Bertz CT molecular complexity index is 629. The van der Waals surface area contributed by atoms with Gasteiger partial charge < -0.3 is 9.47 Å². The van der Waals surface area contributed by atoms with Crippen LogP contribution in [-0.2, 0) is 11.3 Å². The molecule has 0 saturated heterocycles. The van der Waals surface area contributed by atoms with Crippen molar-refractivity contribution in [2.45, 2.75) is 26.4 Å². The summed E-state index contributed by atoms with van der Waals surface area (Å²) in [6, 6.07) is 10.4. The molecule has 0 aliphatic rings. The van der Waals surface area contributed by atoms with Gasteiger partial charge in [-0.15, -0.1) is 0 Å². The zero-order valence-corrected chi connectivity index (χ0v) is 14.7. The molecule has 1 aromatic heterocycles. The van der Waals surface area contributed by atoms with Gasteiger partial charge in [-0.2, -0.15) is 0 Å². The predicted molar refractivity (Wildman–Crippen MR) is 92.8 cm³/mol. The van der Waals surface area contributed by atoms with Crippen molar-refractivity contribution in [3.05, 3.63) is 58.9 Å². The van der Waals surface area contributed by atoms with Gasteiger partial charge in [0, 0.05) is 25.4 Å². The largest absolute Gasteiger partial charge is 0.496 e. The monoisotopic (exact) mass is 314 g/mol. The number of methoxy groups -OCH3 is 2. The second kappa shape index (κ2) is 8.09. The number of pyridine rings is 1. The number of benzene rings is 1. The zero-order valence-electron chi connectivity index (χ0n) is 14.7. The summed E-state index contributed by atoms with van der Waals surface area (Å²) < 4.78 is 11.0. The fourth-order valence-electron chi connectivity index (χ4n) is 3.00. The average molecular weight is 314 g/mol. The van der Waals surface area contributed by atoms with Gasteiger partial charge in [0.1, 0.15) is 5.75 Å². The van der Waals surface area contributed by atoms with E-state index in [1.54, 1.807) is 14.2 Å². The summed E-state index contributed by atoms with van der Waals surface area (Å²) in [6.07, 6.45) is 1.82. The van der Waals surface area contributed by atoms with Crippen molar-refractivity contribution in [2.75, 3.05) is 27.9 Å². The van der Waals surface area contributed by atoms with Gasteiger partial charge in [-0.3, -0.25) is 9.88 Å². The molecule has 1 aromatic carbocycles. The molecule has 0 fully saturated rings. The maximum atomic E-state index is 5.60. The maximum absolute atomic E-state index is 5.60. The molecule has 0 radical (unpaired) electrons. The molecule has 0 bridgehead atoms. The fraction of sp³-hybridized carbons (Fsp3) is 0.421. The molecule has 0 amide bonds. The molecule has 4 nitrogen and oxygen atoms in total. The summed E-state index contributed by atoms with van der Waals surface area (Å²) in [4.78, 5) is 6.74. The molecule has 23 heavy (non-hydrogen) atoms. The van der Waals surface area contributed by atoms with Gasteiger partial charge in [0.2, 0.25) is 0 Å². The fourth-order valence-corrected chi connectivity index (χ4v) is 3.00. The standard InChI is InChI=1S/C19H26N2O2/c1-14-10-15(2)19(23-5)16(11-14)12-21(3)18(13-22-4)17-8-6-7-9-20-17/h6-11,18H,12-13H2,1-5H3/t18-/m1/s1. The molecule has 0 N–H and O–H groups in total. The van der Waals surface area contributed by atoms with Crippen molar-refractivity contribution in [1.29, 1.82) is 0 Å². The summed E-state index contributed by atoms with van der Waals surface area (Å²) in [5, 5.41) is 0. The van der Waals surface area contributed by atoms with E-state index < -0.39 is 0 Å². The van der Waals surface area contributed by atoms with E-state index >= 15 is 0 Å². The minimum atomic E-state index is 0.103. The van der Waals surface area contributed by atoms with Crippen LogP contribution in [0.5, 0.6) is 5.75 Å². The first kappa shape index (κ1) is 17.4. The first-order valence-corrected chi connectivity index (χ1v) is 7.81. The molecule has 1 atom stereocenters. The van der Waals surface area contributed by atoms with Crippen LogP contribution >= 0.6 is 0 Å².